The van der Waals surface area contributed by atoms with Crippen LogP contribution >= 0.6 is 0 Å². The van der Waals surface area contributed by atoms with E-state index < -0.39 is 40.6 Å². The van der Waals surface area contributed by atoms with Gasteiger partial charge in [0.1, 0.15) is 0 Å². The van der Waals surface area contributed by atoms with Crippen LogP contribution < -0.4 is 0 Å². The van der Waals surface area contributed by atoms with Crippen LogP contribution in [-0.2, 0) is 17.1 Å². The lowest BCUT2D eigenvalue weighted by Crippen LogP contribution is -2.16. The van der Waals surface area contributed by atoms with Crippen molar-refractivity contribution in [1.82, 2.24) is 0 Å². The van der Waals surface area contributed by atoms with Crippen LogP contribution in [0.2, 0.25) is 0 Å². The fraction of sp³-hybridized carbons (Fsp3) is 0.235. The molecule has 0 saturated heterocycles. The van der Waals surface area contributed by atoms with E-state index in [4.69, 9.17) is 0 Å². The lowest BCUT2D eigenvalue weighted by molar-refractivity contribution is -0.138. The van der Waals surface area contributed by atoms with E-state index in [0.29, 0.717) is 6.07 Å². The van der Waals surface area contributed by atoms with Gasteiger partial charge in [0.25, 0.3) is 0 Å². The van der Waals surface area contributed by atoms with Gasteiger partial charge in [-0.15, -0.1) is 0 Å². The minimum Gasteiger partial charge on any atom is -0.462 e. The molecule has 0 radical (unpaired) electrons. The summed E-state index contributed by atoms with van der Waals surface area (Å²) in [5.74, 6) is -1.19. The van der Waals surface area contributed by atoms with Crippen LogP contribution in [0.1, 0.15) is 28.4 Å². The molecule has 2 aromatic rings. The predicted octanol–water partition coefficient (Wildman–Crippen LogP) is 5.57. The summed E-state index contributed by atoms with van der Waals surface area (Å²) in [5.41, 5.74) is -3.98. The zero-order valence-electron chi connectivity index (χ0n) is 12.8. The minimum absolute atomic E-state index is 0.135. The molecule has 0 saturated carbocycles. The van der Waals surface area contributed by atoms with E-state index in [1.807, 2.05) is 0 Å². The monoisotopic (exact) mass is 362 g/mol. The van der Waals surface area contributed by atoms with Gasteiger partial charge in [0, 0.05) is 0 Å². The first-order chi connectivity index (χ1) is 11.6. The highest BCUT2D eigenvalue weighted by molar-refractivity contribution is 5.94. The average Bonchev–Trinajstić information content (AvgIpc) is 2.53. The summed E-state index contributed by atoms with van der Waals surface area (Å²) in [7, 11) is 0. The van der Waals surface area contributed by atoms with Gasteiger partial charge in [-0.2, -0.15) is 26.3 Å². The number of benzene rings is 2. The smallest absolute Gasteiger partial charge is 0.417 e. The molecule has 0 unspecified atom stereocenters. The molecule has 0 aromatic heterocycles. The predicted molar refractivity (Wildman–Crippen MR) is 77.8 cm³/mol. The largest absolute Gasteiger partial charge is 0.462 e. The Balaban J connectivity index is 2.70. The molecule has 0 aliphatic heterocycles. The molecule has 2 aromatic carbocycles. The number of hydrogen-bond donors (Lipinski definition) is 0. The van der Waals surface area contributed by atoms with Crippen molar-refractivity contribution in [3.05, 3.63) is 59.2 Å². The van der Waals surface area contributed by atoms with E-state index in [0.717, 1.165) is 36.4 Å². The Labute approximate surface area is 139 Å². The number of esters is 1. The number of carbonyl (C=O) groups is 1. The Hall–Kier alpha value is -2.51. The van der Waals surface area contributed by atoms with Gasteiger partial charge in [0.2, 0.25) is 0 Å². The summed E-state index contributed by atoms with van der Waals surface area (Å²) >= 11 is 0. The molecule has 2 rings (SSSR count). The molecule has 0 fully saturated rings. The zero-order chi connectivity index (χ0) is 18.8. The van der Waals surface area contributed by atoms with E-state index in [9.17, 15) is 31.1 Å². The van der Waals surface area contributed by atoms with Crippen molar-refractivity contribution >= 4 is 5.97 Å². The highest BCUT2D eigenvalue weighted by Crippen LogP contribution is 2.41. The molecule has 0 aliphatic carbocycles. The fourth-order valence-electron chi connectivity index (χ4n) is 2.34. The number of halogens is 6. The maximum absolute atomic E-state index is 13.5. The third-order valence-corrected chi connectivity index (χ3v) is 3.34. The van der Waals surface area contributed by atoms with Crippen LogP contribution in [-0.4, -0.2) is 12.6 Å². The van der Waals surface area contributed by atoms with Crippen molar-refractivity contribution in [1.29, 1.82) is 0 Å². The molecule has 0 aliphatic rings. The summed E-state index contributed by atoms with van der Waals surface area (Å²) in [6.07, 6.45) is -9.65. The van der Waals surface area contributed by atoms with Gasteiger partial charge in [-0.25, -0.2) is 4.79 Å². The Bertz CT molecular complexity index is 777. The Morgan fingerprint density at radius 1 is 0.960 bits per heavy atom. The number of alkyl halides is 6. The third-order valence-electron chi connectivity index (χ3n) is 3.34. The number of carbonyl (C=O) groups excluding carboxylic acids is 1. The second-order valence-corrected chi connectivity index (χ2v) is 5.02. The molecule has 0 heterocycles. The fourth-order valence-corrected chi connectivity index (χ4v) is 2.34. The second-order valence-electron chi connectivity index (χ2n) is 5.02. The quantitative estimate of drug-likeness (QED) is 0.527. The first kappa shape index (κ1) is 18.8. The van der Waals surface area contributed by atoms with Crippen molar-refractivity contribution in [2.75, 3.05) is 6.61 Å². The molecule has 25 heavy (non-hydrogen) atoms. The number of hydrogen-bond acceptors (Lipinski definition) is 2. The van der Waals surface area contributed by atoms with Gasteiger partial charge in [0.05, 0.1) is 23.3 Å². The molecule has 2 nitrogen and oxygen atoms in total. The summed E-state index contributed by atoms with van der Waals surface area (Å²) in [6, 6.07) is 6.60. The summed E-state index contributed by atoms with van der Waals surface area (Å²) in [5, 5.41) is 0. The first-order valence-corrected chi connectivity index (χ1v) is 7.10. The summed E-state index contributed by atoms with van der Waals surface area (Å²) in [6.45, 7) is 1.30. The van der Waals surface area contributed by atoms with Crippen molar-refractivity contribution in [3.63, 3.8) is 0 Å². The van der Waals surface area contributed by atoms with Crippen molar-refractivity contribution in [2.45, 2.75) is 19.3 Å². The normalized spacial score (nSPS) is 12.1. The lowest BCUT2D eigenvalue weighted by Gasteiger charge is -2.17. The average molecular weight is 362 g/mol. The van der Waals surface area contributed by atoms with Crippen LogP contribution in [0.3, 0.4) is 0 Å². The van der Waals surface area contributed by atoms with Gasteiger partial charge >= 0.3 is 18.3 Å². The maximum atomic E-state index is 13.5. The van der Waals surface area contributed by atoms with Crippen LogP contribution in [0.25, 0.3) is 11.1 Å². The molecular formula is C17H12F6O2. The lowest BCUT2D eigenvalue weighted by atomic mass is 9.94. The molecule has 0 atom stereocenters. The summed E-state index contributed by atoms with van der Waals surface area (Å²) in [4.78, 5) is 11.8. The Morgan fingerprint density at radius 2 is 1.60 bits per heavy atom. The Kier molecular flexibility index (Phi) is 5.10. The van der Waals surface area contributed by atoms with E-state index in [2.05, 4.69) is 4.74 Å². The number of ether oxygens (including phenoxy) is 1. The van der Waals surface area contributed by atoms with Gasteiger partial charge < -0.3 is 4.74 Å². The Morgan fingerprint density at radius 3 is 2.16 bits per heavy atom. The topological polar surface area (TPSA) is 26.3 Å². The van der Waals surface area contributed by atoms with E-state index in [1.165, 1.54) is 6.92 Å². The van der Waals surface area contributed by atoms with Crippen molar-refractivity contribution in [2.24, 2.45) is 0 Å². The standard InChI is InChI=1S/C17H12F6O2/c1-2-25-15(24)13-8-4-7-12(14(13)17(21,22)23)10-5-3-6-11(9-10)16(18,19)20/h3-9H,2H2,1H3. The van der Waals surface area contributed by atoms with Crippen molar-refractivity contribution < 1.29 is 35.9 Å². The maximum Gasteiger partial charge on any atom is 0.417 e. The summed E-state index contributed by atoms with van der Waals surface area (Å²) < 4.78 is 83.6. The van der Waals surface area contributed by atoms with E-state index in [-0.39, 0.29) is 12.2 Å². The molecule has 0 spiro atoms. The first-order valence-electron chi connectivity index (χ1n) is 7.10. The molecule has 0 amide bonds. The van der Waals surface area contributed by atoms with Gasteiger partial charge in [-0.1, -0.05) is 24.3 Å². The molecule has 0 bridgehead atoms. The van der Waals surface area contributed by atoms with Gasteiger partial charge in [-0.05, 0) is 36.2 Å². The highest BCUT2D eigenvalue weighted by Gasteiger charge is 2.39. The van der Waals surface area contributed by atoms with Crippen LogP contribution in [0.5, 0.6) is 0 Å². The molecule has 8 heteroatoms. The van der Waals surface area contributed by atoms with E-state index >= 15 is 0 Å². The molecule has 134 valence electrons. The highest BCUT2D eigenvalue weighted by atomic mass is 19.4. The van der Waals surface area contributed by atoms with Crippen LogP contribution in [0.15, 0.2) is 42.5 Å². The SMILES string of the molecule is CCOC(=O)c1cccc(-c2cccc(C(F)(F)F)c2)c1C(F)(F)F. The molecule has 0 N–H and O–H groups in total. The van der Waals surface area contributed by atoms with Crippen molar-refractivity contribution in [3.8, 4) is 11.1 Å². The van der Waals surface area contributed by atoms with Crippen LogP contribution in [0, 0.1) is 0 Å². The van der Waals surface area contributed by atoms with Crippen LogP contribution in [0.4, 0.5) is 26.3 Å². The third kappa shape index (κ3) is 4.12. The van der Waals surface area contributed by atoms with E-state index in [1.54, 1.807) is 0 Å². The number of rotatable bonds is 3. The second kappa shape index (κ2) is 6.78. The molecular weight excluding hydrogens is 350 g/mol. The van der Waals surface area contributed by atoms with Gasteiger partial charge in [0.15, 0.2) is 0 Å². The van der Waals surface area contributed by atoms with Gasteiger partial charge in [-0.3, -0.25) is 0 Å². The zero-order valence-corrected chi connectivity index (χ0v) is 12.8. The minimum atomic E-state index is -4.95.